The van der Waals surface area contributed by atoms with E-state index >= 15 is 0 Å². The van der Waals surface area contributed by atoms with E-state index in [1.807, 2.05) is 60.7 Å². The number of nitrogens with zero attached hydrogens (tertiary/aromatic N) is 1. The monoisotopic (exact) mass is 562 g/mol. The zero-order valence-corrected chi connectivity index (χ0v) is 23.7. The number of hydrogen-bond donors (Lipinski definition) is 1. The molecule has 0 spiro atoms. The Morgan fingerprint density at radius 3 is 2.20 bits per heavy atom. The van der Waals surface area contributed by atoms with Gasteiger partial charge in [-0.3, -0.25) is 9.59 Å². The number of carbonyl (C=O) groups is 2. The summed E-state index contributed by atoms with van der Waals surface area (Å²) in [5.41, 5.74) is 2.81. The van der Waals surface area contributed by atoms with Gasteiger partial charge in [0.15, 0.2) is 0 Å². The molecule has 0 saturated carbocycles. The minimum absolute atomic E-state index is 0.105. The van der Waals surface area contributed by atoms with E-state index in [2.05, 4.69) is 5.32 Å². The predicted molar refractivity (Wildman–Crippen MR) is 153 cm³/mol. The summed E-state index contributed by atoms with van der Waals surface area (Å²) in [6.45, 7) is 6.04. The molecule has 0 aromatic heterocycles. The van der Waals surface area contributed by atoms with Gasteiger partial charge in [0, 0.05) is 18.7 Å². The molecule has 40 heavy (non-hydrogen) atoms. The van der Waals surface area contributed by atoms with Gasteiger partial charge in [0.05, 0.1) is 4.90 Å². The van der Waals surface area contributed by atoms with Gasteiger partial charge in [0.1, 0.15) is 24.5 Å². The molecule has 210 valence electrons. The molecule has 0 unspecified atom stereocenters. The van der Waals surface area contributed by atoms with Gasteiger partial charge in [-0.05, 0) is 80.3 Å². The van der Waals surface area contributed by atoms with E-state index in [4.69, 9.17) is 9.47 Å². The Hall–Kier alpha value is -3.95. The third-order valence-electron chi connectivity index (χ3n) is 6.21. The van der Waals surface area contributed by atoms with Crippen molar-refractivity contribution < 1.29 is 27.5 Å². The minimum atomic E-state index is -3.73. The number of amides is 1. The molecule has 0 radical (unpaired) electrons. The average molecular weight is 563 g/mol. The highest BCUT2D eigenvalue weighted by Crippen LogP contribution is 2.27. The third-order valence-corrected chi connectivity index (χ3v) is 8.09. The Labute approximate surface area is 235 Å². The topological polar surface area (TPSA) is 102 Å². The lowest BCUT2D eigenvalue weighted by molar-refractivity contribution is -0.153. The van der Waals surface area contributed by atoms with Gasteiger partial charge in [-0.15, -0.1) is 0 Å². The third kappa shape index (κ3) is 7.80. The van der Waals surface area contributed by atoms with Crippen molar-refractivity contribution in [2.75, 3.05) is 19.6 Å². The van der Waals surface area contributed by atoms with Gasteiger partial charge < -0.3 is 14.8 Å². The van der Waals surface area contributed by atoms with Crippen LogP contribution in [0.15, 0.2) is 89.8 Å². The van der Waals surface area contributed by atoms with E-state index in [9.17, 15) is 18.0 Å². The molecule has 1 aliphatic rings. The molecule has 0 saturated heterocycles. The molecule has 0 aliphatic carbocycles. The van der Waals surface area contributed by atoms with Gasteiger partial charge >= 0.3 is 5.97 Å². The summed E-state index contributed by atoms with van der Waals surface area (Å²) in [5.74, 6) is -0.267. The number of esters is 1. The van der Waals surface area contributed by atoms with Crippen LogP contribution in [0.3, 0.4) is 0 Å². The molecule has 3 aromatic carbocycles. The molecule has 1 heterocycles. The normalized spacial score (nSPS) is 14.2. The highest BCUT2D eigenvalue weighted by molar-refractivity contribution is 7.89. The summed E-state index contributed by atoms with van der Waals surface area (Å²) >= 11 is 0. The van der Waals surface area contributed by atoms with Gasteiger partial charge in [0.25, 0.3) is 5.91 Å². The molecule has 1 aliphatic heterocycles. The van der Waals surface area contributed by atoms with Crippen molar-refractivity contribution in [1.29, 1.82) is 0 Å². The lowest BCUT2D eigenvalue weighted by Gasteiger charge is -2.26. The summed E-state index contributed by atoms with van der Waals surface area (Å²) in [6.07, 6.45) is 2.51. The van der Waals surface area contributed by atoms with E-state index in [0.717, 1.165) is 22.4 Å². The summed E-state index contributed by atoms with van der Waals surface area (Å²) in [5, 5.41) is 2.49. The van der Waals surface area contributed by atoms with Gasteiger partial charge in [0.2, 0.25) is 10.0 Å². The first-order valence-corrected chi connectivity index (χ1v) is 14.5. The maximum Gasteiger partial charge on any atom is 0.325 e. The summed E-state index contributed by atoms with van der Waals surface area (Å²) in [7, 11) is -3.73. The first-order valence-electron chi connectivity index (χ1n) is 13.1. The highest BCUT2D eigenvalue weighted by atomic mass is 32.2. The Balaban J connectivity index is 1.32. The zero-order valence-electron chi connectivity index (χ0n) is 22.9. The first-order chi connectivity index (χ1) is 19.0. The number of benzene rings is 3. The van der Waals surface area contributed by atoms with Gasteiger partial charge in [-0.1, -0.05) is 48.5 Å². The fourth-order valence-corrected chi connectivity index (χ4v) is 5.58. The van der Waals surface area contributed by atoms with Gasteiger partial charge in [-0.2, -0.15) is 4.31 Å². The Bertz CT molecular complexity index is 1460. The fourth-order valence-electron chi connectivity index (χ4n) is 4.20. The van der Waals surface area contributed by atoms with Crippen LogP contribution in [0.1, 0.15) is 48.7 Å². The van der Waals surface area contributed by atoms with Crippen LogP contribution < -0.4 is 10.1 Å². The van der Waals surface area contributed by atoms with Crippen LogP contribution in [0.4, 0.5) is 0 Å². The molecule has 0 fully saturated rings. The smallest absolute Gasteiger partial charge is 0.325 e. The van der Waals surface area contributed by atoms with Crippen LogP contribution in [0.25, 0.3) is 5.57 Å². The number of rotatable bonds is 9. The quantitative estimate of drug-likeness (QED) is 0.376. The van der Waals surface area contributed by atoms with E-state index in [1.54, 1.807) is 20.8 Å². The summed E-state index contributed by atoms with van der Waals surface area (Å²) in [6, 6.07) is 23.5. The maximum absolute atomic E-state index is 13.2. The van der Waals surface area contributed by atoms with E-state index in [0.29, 0.717) is 19.6 Å². The van der Waals surface area contributed by atoms with Crippen molar-refractivity contribution in [3.05, 3.63) is 102 Å². The average Bonchev–Trinajstić information content (AvgIpc) is 2.95. The van der Waals surface area contributed by atoms with Crippen LogP contribution in [-0.2, 0) is 26.2 Å². The summed E-state index contributed by atoms with van der Waals surface area (Å²) in [4.78, 5) is 24.3. The second kappa shape index (κ2) is 12.5. The number of hydrogen-bond acceptors (Lipinski definition) is 6. The molecule has 1 amide bonds. The van der Waals surface area contributed by atoms with Crippen LogP contribution in [0.2, 0.25) is 0 Å². The highest BCUT2D eigenvalue weighted by Gasteiger charge is 2.27. The summed E-state index contributed by atoms with van der Waals surface area (Å²) < 4.78 is 38.9. The number of sulfonamides is 1. The molecule has 3 aromatic rings. The maximum atomic E-state index is 13.2. The van der Waals surface area contributed by atoms with Crippen molar-refractivity contribution in [3.8, 4) is 5.75 Å². The lowest BCUT2D eigenvalue weighted by Crippen LogP contribution is -2.35. The number of carbonyl (C=O) groups excluding carboxylic acids is 2. The number of nitrogens with one attached hydrogen (secondary N) is 1. The van der Waals surface area contributed by atoms with Crippen molar-refractivity contribution in [1.82, 2.24) is 9.62 Å². The Morgan fingerprint density at radius 2 is 1.60 bits per heavy atom. The van der Waals surface area contributed by atoms with Crippen LogP contribution in [0.5, 0.6) is 5.75 Å². The van der Waals surface area contributed by atoms with Crippen LogP contribution in [0, 0.1) is 0 Å². The van der Waals surface area contributed by atoms with Crippen molar-refractivity contribution >= 4 is 27.5 Å². The van der Waals surface area contributed by atoms with E-state index < -0.39 is 27.5 Å². The minimum Gasteiger partial charge on any atom is -0.489 e. The second-order valence-electron chi connectivity index (χ2n) is 10.4. The van der Waals surface area contributed by atoms with Gasteiger partial charge in [-0.25, -0.2) is 8.42 Å². The van der Waals surface area contributed by atoms with Crippen molar-refractivity contribution in [2.24, 2.45) is 0 Å². The molecule has 9 heteroatoms. The Kier molecular flexibility index (Phi) is 9.07. The number of ether oxygens (including phenoxy) is 2. The molecule has 0 bridgehead atoms. The van der Waals surface area contributed by atoms with Crippen LogP contribution in [-0.4, -0.2) is 49.8 Å². The molecular formula is C31H34N2O6S. The van der Waals surface area contributed by atoms with E-state index in [-0.39, 0.29) is 23.5 Å². The zero-order chi connectivity index (χ0) is 28.8. The molecular weight excluding hydrogens is 528 g/mol. The first kappa shape index (κ1) is 29.0. The molecule has 8 nitrogen and oxygen atoms in total. The van der Waals surface area contributed by atoms with Crippen molar-refractivity contribution in [3.63, 3.8) is 0 Å². The predicted octanol–water partition coefficient (Wildman–Crippen LogP) is 4.82. The fraction of sp³-hybridized carbons (Fsp3) is 0.290. The Morgan fingerprint density at radius 1 is 0.925 bits per heavy atom. The molecule has 0 atom stereocenters. The largest absolute Gasteiger partial charge is 0.489 e. The lowest BCUT2D eigenvalue weighted by atomic mass is 10.0. The van der Waals surface area contributed by atoms with Crippen molar-refractivity contribution in [2.45, 2.75) is 44.3 Å². The standard InChI is InChI=1S/C31H34N2O6S/c1-31(2,3)39-29(34)21-32-30(35)26-11-15-28(16-12-26)40(36,37)33-19-17-25(18-20-33)24-9-13-27(14-10-24)38-22-23-7-5-4-6-8-23/h4-17H,18-22H2,1-3H3,(H,32,35). The molecule has 1 N–H and O–H groups in total. The van der Waals surface area contributed by atoms with Crippen LogP contribution >= 0.6 is 0 Å². The molecule has 4 rings (SSSR count). The van der Waals surface area contributed by atoms with E-state index in [1.165, 1.54) is 28.6 Å². The SMILES string of the molecule is CC(C)(C)OC(=O)CNC(=O)c1ccc(S(=O)(=O)N2CC=C(c3ccc(OCc4ccccc4)cc3)CC2)cc1. The second-order valence-corrected chi connectivity index (χ2v) is 12.4.